The van der Waals surface area contributed by atoms with Crippen LogP contribution in [0, 0.1) is 43.9 Å². The summed E-state index contributed by atoms with van der Waals surface area (Å²) >= 11 is 12.7. The third-order valence-electron chi connectivity index (χ3n) is 12.9. The number of alkyl halides is 3. The molecule has 9 rings (SSSR count). The molecule has 0 radical (unpaired) electrons. The van der Waals surface area contributed by atoms with Crippen molar-refractivity contribution in [3.05, 3.63) is 144 Å². The average molecular weight is 931 g/mol. The van der Waals surface area contributed by atoms with Gasteiger partial charge in [0.1, 0.15) is 5.75 Å². The van der Waals surface area contributed by atoms with E-state index in [1.807, 2.05) is 0 Å². The number of pyridine rings is 1. The van der Waals surface area contributed by atoms with E-state index in [1.54, 1.807) is 36.4 Å². The third kappa shape index (κ3) is 6.46. The number of amides is 4. The summed E-state index contributed by atoms with van der Waals surface area (Å²) in [4.78, 5) is 88.8. The highest BCUT2D eigenvalue weighted by Crippen LogP contribution is 2.66. The molecule has 3 heterocycles. The Kier molecular flexibility index (Phi) is 10.1. The van der Waals surface area contributed by atoms with Gasteiger partial charge in [0.15, 0.2) is 11.5 Å². The Labute approximate surface area is 375 Å². The molecule has 3 fully saturated rings. The normalized spacial score (nSPS) is 23.9. The SMILES string of the molecule is CN(C)c1c([N+](=O)[O-])cc(N2C(=O)C3CC=C4C(CC5C(=O)N(Nc6ncc(C(F)(F)F)cc6Cl)C(=O)C5(c5ccc(Cl)cc5)C4c4c(O)ccc5ccccc45)C3C2=O)cc1[N+](=O)[O-]. The summed E-state index contributed by atoms with van der Waals surface area (Å²) in [6.07, 6.45) is -3.09. The summed E-state index contributed by atoms with van der Waals surface area (Å²) in [7, 11) is 2.72. The second-order valence-electron chi connectivity index (χ2n) is 16.4. The zero-order chi connectivity index (χ0) is 46.6. The lowest BCUT2D eigenvalue weighted by atomic mass is 9.48. The van der Waals surface area contributed by atoms with Crippen molar-refractivity contribution in [2.75, 3.05) is 29.3 Å². The minimum Gasteiger partial charge on any atom is -0.508 e. The fourth-order valence-electron chi connectivity index (χ4n) is 10.4. The number of nitro groups is 2. The third-order valence-corrected chi connectivity index (χ3v) is 13.5. The van der Waals surface area contributed by atoms with Crippen LogP contribution >= 0.6 is 23.2 Å². The van der Waals surface area contributed by atoms with Crippen molar-refractivity contribution in [3.8, 4) is 5.75 Å². The number of benzene rings is 4. The molecule has 1 saturated carbocycles. The maximum atomic E-state index is 15.6. The van der Waals surface area contributed by atoms with E-state index in [2.05, 4.69) is 10.4 Å². The Morgan fingerprint density at radius 2 is 1.55 bits per heavy atom. The zero-order valence-corrected chi connectivity index (χ0v) is 35.3. The van der Waals surface area contributed by atoms with E-state index in [-0.39, 0.29) is 40.4 Å². The van der Waals surface area contributed by atoms with Crippen molar-refractivity contribution in [3.63, 3.8) is 0 Å². The number of hydrazine groups is 1. The predicted octanol–water partition coefficient (Wildman–Crippen LogP) is 8.34. The number of carbonyl (C=O) groups is 4. The minimum atomic E-state index is -4.83. The molecule has 4 aliphatic rings. The number of allylic oxidation sites excluding steroid dienone is 2. The maximum absolute atomic E-state index is 15.6. The van der Waals surface area contributed by atoms with Gasteiger partial charge in [-0.1, -0.05) is 77.3 Å². The minimum absolute atomic E-state index is 0.129. The van der Waals surface area contributed by atoms with Gasteiger partial charge in [-0.05, 0) is 59.4 Å². The highest BCUT2D eigenvalue weighted by Gasteiger charge is 2.71. The lowest BCUT2D eigenvalue weighted by Gasteiger charge is -2.51. The largest absolute Gasteiger partial charge is 0.508 e. The number of imide groups is 2. The van der Waals surface area contributed by atoms with Crippen LogP contribution in [0.25, 0.3) is 10.8 Å². The lowest BCUT2D eigenvalue weighted by Crippen LogP contribution is -2.53. The number of aromatic hydroxyl groups is 1. The van der Waals surface area contributed by atoms with Gasteiger partial charge in [-0.25, -0.2) is 9.88 Å². The monoisotopic (exact) mass is 929 g/mol. The first kappa shape index (κ1) is 43.1. The van der Waals surface area contributed by atoms with Gasteiger partial charge in [-0.3, -0.25) is 44.8 Å². The van der Waals surface area contributed by atoms with Crippen LogP contribution in [0.2, 0.25) is 10.0 Å². The summed E-state index contributed by atoms with van der Waals surface area (Å²) in [5.74, 6) is -10.5. The maximum Gasteiger partial charge on any atom is 0.417 e. The van der Waals surface area contributed by atoms with E-state index in [9.17, 15) is 48.1 Å². The summed E-state index contributed by atoms with van der Waals surface area (Å²) in [5.41, 5.74) is -2.07. The molecule has 65 heavy (non-hydrogen) atoms. The van der Waals surface area contributed by atoms with Crippen LogP contribution in [0.15, 0.2) is 96.7 Å². The number of fused-ring (bicyclic) bond motifs is 5. The summed E-state index contributed by atoms with van der Waals surface area (Å²) in [6.45, 7) is 0. The van der Waals surface area contributed by atoms with E-state index in [0.29, 0.717) is 38.5 Å². The molecule has 6 unspecified atom stereocenters. The highest BCUT2D eigenvalue weighted by molar-refractivity contribution is 6.33. The Balaban J connectivity index is 1.25. The molecule has 6 atom stereocenters. The van der Waals surface area contributed by atoms with Crippen LogP contribution < -0.4 is 15.2 Å². The number of rotatable bonds is 8. The topological polar surface area (TPSA) is 209 Å². The van der Waals surface area contributed by atoms with E-state index in [1.165, 1.54) is 49.3 Å². The number of phenols is 1. The van der Waals surface area contributed by atoms with Gasteiger partial charge >= 0.3 is 17.6 Å². The van der Waals surface area contributed by atoms with E-state index in [0.717, 1.165) is 12.1 Å². The average Bonchev–Trinajstić information content (AvgIpc) is 3.64. The molecule has 0 spiro atoms. The molecular weight excluding hydrogens is 898 g/mol. The molecule has 1 aromatic heterocycles. The van der Waals surface area contributed by atoms with Crippen molar-refractivity contribution in [2.24, 2.45) is 23.7 Å². The number of nitrogens with zero attached hydrogens (tertiary/aromatic N) is 6. The highest BCUT2D eigenvalue weighted by atomic mass is 35.5. The number of nitro benzene ring substituents is 2. The first-order valence-corrected chi connectivity index (χ1v) is 20.6. The van der Waals surface area contributed by atoms with Crippen LogP contribution in [-0.2, 0) is 30.8 Å². The van der Waals surface area contributed by atoms with Crippen molar-refractivity contribution < 1.29 is 47.3 Å². The quantitative estimate of drug-likeness (QED) is 0.0651. The summed E-state index contributed by atoms with van der Waals surface area (Å²) in [5, 5.41) is 38.0. The number of hydrogen-bond donors (Lipinski definition) is 2. The van der Waals surface area contributed by atoms with Gasteiger partial charge in [0.05, 0.1) is 49.3 Å². The second kappa shape index (κ2) is 15.3. The number of phenolic OH excluding ortho intramolecular Hbond substituents is 1. The van der Waals surface area contributed by atoms with Crippen LogP contribution in [-0.4, -0.2) is 62.7 Å². The Morgan fingerprint density at radius 3 is 2.17 bits per heavy atom. The van der Waals surface area contributed by atoms with Crippen LogP contribution in [0.1, 0.15) is 35.4 Å². The van der Waals surface area contributed by atoms with Crippen LogP contribution in [0.4, 0.5) is 41.7 Å². The van der Waals surface area contributed by atoms with Gasteiger partial charge in [-0.15, -0.1) is 0 Å². The fourth-order valence-corrected chi connectivity index (χ4v) is 10.7. The molecule has 21 heteroatoms. The van der Waals surface area contributed by atoms with Crippen molar-refractivity contribution in [2.45, 2.75) is 30.4 Å². The Bertz CT molecular complexity index is 2950. The van der Waals surface area contributed by atoms with Crippen molar-refractivity contribution in [1.82, 2.24) is 9.99 Å². The Hall–Kier alpha value is -7.12. The first-order chi connectivity index (χ1) is 30.8. The molecule has 4 amide bonds. The lowest BCUT2D eigenvalue weighted by molar-refractivity contribution is -0.392. The molecule has 0 bridgehead atoms. The smallest absolute Gasteiger partial charge is 0.417 e. The zero-order valence-electron chi connectivity index (χ0n) is 33.7. The van der Waals surface area contributed by atoms with Crippen molar-refractivity contribution in [1.29, 1.82) is 0 Å². The molecule has 16 nitrogen and oxygen atoms in total. The number of nitrogens with one attached hydrogen (secondary N) is 1. The number of halogens is 5. The molecule has 2 saturated heterocycles. The van der Waals surface area contributed by atoms with Gasteiger partial charge in [0.2, 0.25) is 11.8 Å². The van der Waals surface area contributed by atoms with Gasteiger partial charge in [-0.2, -0.15) is 18.2 Å². The van der Waals surface area contributed by atoms with Gasteiger partial charge < -0.3 is 10.0 Å². The standard InChI is InChI=1S/C44H32Cl2F3N7O9/c1-52(2)37-31(55(62)63)16-24(17-32(37)56(64)65)53-39(58)27-13-12-26-28(34(27)41(53)60)18-29-40(59)54(51-38-30(46)15-22(19-50-38)44(47,48)49)42(61)43(29,21-8-10-23(45)11-9-21)36(26)35-25-6-4-3-5-20(25)7-14-33(35)57/h3-12,14-17,19,27-29,34,36,57H,13,18H2,1-2H3,(H,50,51). The van der Waals surface area contributed by atoms with Gasteiger partial charge in [0, 0.05) is 48.9 Å². The first-order valence-electron chi connectivity index (χ1n) is 19.8. The van der Waals surface area contributed by atoms with Crippen molar-refractivity contribution >= 4 is 86.2 Å². The van der Waals surface area contributed by atoms with E-state index in [4.69, 9.17) is 23.2 Å². The molecule has 2 N–H and O–H groups in total. The van der Waals surface area contributed by atoms with E-state index < -0.39 is 108 Å². The van der Waals surface area contributed by atoms with Crippen LogP contribution in [0.3, 0.4) is 0 Å². The number of carbonyl (C=O) groups excluding carboxylic acids is 4. The number of hydrogen-bond acceptors (Lipinski definition) is 12. The summed E-state index contributed by atoms with van der Waals surface area (Å²) in [6, 6.07) is 18.5. The second-order valence-corrected chi connectivity index (χ2v) is 17.2. The van der Waals surface area contributed by atoms with Gasteiger partial charge in [0.25, 0.3) is 11.8 Å². The fraction of sp³-hybridized carbons (Fsp3) is 0.250. The Morgan fingerprint density at radius 1 is 0.892 bits per heavy atom. The predicted molar refractivity (Wildman–Crippen MR) is 229 cm³/mol. The molecule has 2 aliphatic heterocycles. The molecular formula is C44H32Cl2F3N7O9. The molecule has 332 valence electrons. The van der Waals surface area contributed by atoms with E-state index >= 15 is 9.59 Å². The molecule has 2 aliphatic carbocycles. The molecule has 5 aromatic rings. The van der Waals surface area contributed by atoms with Crippen LogP contribution in [0.5, 0.6) is 5.75 Å². The number of anilines is 3. The number of aromatic nitrogens is 1. The summed E-state index contributed by atoms with van der Waals surface area (Å²) < 4.78 is 40.9. The molecule has 4 aromatic carbocycles.